The van der Waals surface area contributed by atoms with Gasteiger partial charge >= 0.3 is 0 Å². The van der Waals surface area contributed by atoms with Crippen LogP contribution >= 0.6 is 45.2 Å². The maximum absolute atomic E-state index is 3.38. The zero-order valence-electron chi connectivity index (χ0n) is 5.45. The molecule has 1 aliphatic rings. The van der Waals surface area contributed by atoms with E-state index in [-0.39, 0.29) is 0 Å². The minimum Gasteiger partial charge on any atom is -0.316 e. The minimum absolute atomic E-state index is 0.531. The Bertz CT molecular complexity index is 103. The van der Waals surface area contributed by atoms with Gasteiger partial charge in [-0.15, -0.1) is 0 Å². The summed E-state index contributed by atoms with van der Waals surface area (Å²) in [6, 6.07) is 0. The van der Waals surface area contributed by atoms with Crippen LogP contribution in [0.15, 0.2) is 0 Å². The highest BCUT2D eigenvalue weighted by Gasteiger charge is 2.31. The Kier molecular flexibility index (Phi) is 3.04. The first-order valence-corrected chi connectivity index (χ1v) is 5.49. The lowest BCUT2D eigenvalue weighted by Gasteiger charge is -2.33. The van der Waals surface area contributed by atoms with Gasteiger partial charge in [-0.25, -0.2) is 0 Å². The zero-order chi connectivity index (χ0) is 6.91. The van der Waals surface area contributed by atoms with Gasteiger partial charge in [0, 0.05) is 13.9 Å². The van der Waals surface area contributed by atoms with E-state index in [1.54, 1.807) is 0 Å². The van der Waals surface area contributed by atoms with Crippen LogP contribution in [-0.4, -0.2) is 20.4 Å². The summed E-state index contributed by atoms with van der Waals surface area (Å²) in [6.45, 7) is 4.71. The van der Waals surface area contributed by atoms with Crippen molar-refractivity contribution in [1.82, 2.24) is 5.32 Å². The van der Waals surface area contributed by atoms with Gasteiger partial charge in [-0.05, 0) is 19.9 Å². The maximum atomic E-state index is 3.38. The Morgan fingerprint density at radius 3 is 2.67 bits per heavy atom. The lowest BCUT2D eigenvalue weighted by atomic mass is 10.0. The van der Waals surface area contributed by atoms with Gasteiger partial charge in [-0.2, -0.15) is 0 Å². The van der Waals surface area contributed by atoms with E-state index < -0.39 is 0 Å². The lowest BCUT2D eigenvalue weighted by Crippen LogP contribution is -2.44. The molecule has 0 saturated carbocycles. The van der Waals surface area contributed by atoms with Crippen LogP contribution in [-0.2, 0) is 0 Å². The molecule has 0 aromatic carbocycles. The molecular formula is C6H11I2N. The number of piperidine rings is 1. The standard InChI is InChI=1S/C6H11I2N/c1-6(8)2-3-9-4-5(6)7/h5,9H,2-4H2,1H3/t5-,6-/m0/s1. The van der Waals surface area contributed by atoms with E-state index in [0.29, 0.717) is 3.42 Å². The molecule has 1 rings (SSSR count). The molecule has 0 amide bonds. The zero-order valence-corrected chi connectivity index (χ0v) is 9.77. The highest BCUT2D eigenvalue weighted by molar-refractivity contribution is 14.1. The van der Waals surface area contributed by atoms with Crippen molar-refractivity contribution >= 4 is 45.2 Å². The van der Waals surface area contributed by atoms with E-state index in [2.05, 4.69) is 57.4 Å². The van der Waals surface area contributed by atoms with Gasteiger partial charge in [0.25, 0.3) is 0 Å². The van der Waals surface area contributed by atoms with Gasteiger partial charge in [0.05, 0.1) is 0 Å². The van der Waals surface area contributed by atoms with Gasteiger partial charge in [0.15, 0.2) is 0 Å². The van der Waals surface area contributed by atoms with Gasteiger partial charge in [0.2, 0.25) is 0 Å². The molecular weight excluding hydrogens is 340 g/mol. The number of halogens is 2. The number of hydrogen-bond donors (Lipinski definition) is 1. The fourth-order valence-electron chi connectivity index (χ4n) is 0.931. The van der Waals surface area contributed by atoms with E-state index in [1.807, 2.05) is 0 Å². The third kappa shape index (κ3) is 2.18. The van der Waals surface area contributed by atoms with Crippen LogP contribution in [0.25, 0.3) is 0 Å². The summed E-state index contributed by atoms with van der Waals surface area (Å²) in [5, 5.41) is 3.38. The highest BCUT2D eigenvalue weighted by Crippen LogP contribution is 2.33. The van der Waals surface area contributed by atoms with Gasteiger partial charge in [0.1, 0.15) is 0 Å². The predicted molar refractivity (Wildman–Crippen MR) is 57.7 cm³/mol. The van der Waals surface area contributed by atoms with E-state index in [1.165, 1.54) is 19.5 Å². The molecule has 0 aromatic rings. The summed E-state index contributed by atoms with van der Waals surface area (Å²) < 4.78 is 1.33. The molecule has 0 aliphatic carbocycles. The first-order valence-electron chi connectivity index (χ1n) is 3.16. The number of alkyl halides is 2. The number of nitrogens with one attached hydrogen (secondary N) is 1. The van der Waals surface area contributed by atoms with Gasteiger partial charge in [-0.3, -0.25) is 0 Å². The van der Waals surface area contributed by atoms with Gasteiger partial charge < -0.3 is 5.32 Å². The normalized spacial score (nSPS) is 45.0. The number of hydrogen-bond acceptors (Lipinski definition) is 1. The molecule has 1 aliphatic heterocycles. The van der Waals surface area contributed by atoms with E-state index in [9.17, 15) is 0 Å². The Hall–Kier alpha value is 1.42. The van der Waals surface area contributed by atoms with Crippen molar-refractivity contribution < 1.29 is 0 Å². The Morgan fingerprint density at radius 1 is 1.67 bits per heavy atom. The fraction of sp³-hybridized carbons (Fsp3) is 1.00. The molecule has 2 atom stereocenters. The van der Waals surface area contributed by atoms with Crippen molar-refractivity contribution in [2.75, 3.05) is 13.1 Å². The molecule has 1 saturated heterocycles. The largest absolute Gasteiger partial charge is 0.316 e. The first kappa shape index (κ1) is 8.52. The molecule has 54 valence electrons. The van der Waals surface area contributed by atoms with Crippen molar-refractivity contribution in [2.24, 2.45) is 0 Å². The predicted octanol–water partition coefficient (Wildman–Crippen LogP) is 1.98. The third-order valence-corrected chi connectivity index (χ3v) is 6.07. The summed E-state index contributed by atoms with van der Waals surface area (Å²) in [6.07, 6.45) is 1.31. The van der Waals surface area contributed by atoms with Crippen molar-refractivity contribution in [3.63, 3.8) is 0 Å². The Balaban J connectivity index is 2.49. The molecule has 0 bridgehead atoms. The summed E-state index contributed by atoms with van der Waals surface area (Å²) in [5.41, 5.74) is 0. The summed E-state index contributed by atoms with van der Waals surface area (Å²) in [7, 11) is 0. The van der Waals surface area contributed by atoms with Crippen LogP contribution in [0, 0.1) is 0 Å². The minimum atomic E-state index is 0.531. The summed E-state index contributed by atoms with van der Waals surface area (Å²) in [5.74, 6) is 0. The molecule has 1 heterocycles. The molecule has 0 radical (unpaired) electrons. The SMILES string of the molecule is C[C@]1(I)CCNC[C@@H]1I. The second kappa shape index (κ2) is 3.21. The Labute approximate surface area is 83.6 Å². The van der Waals surface area contributed by atoms with Crippen molar-refractivity contribution in [2.45, 2.75) is 20.7 Å². The third-order valence-electron chi connectivity index (χ3n) is 1.77. The first-order chi connectivity index (χ1) is 4.13. The monoisotopic (exact) mass is 351 g/mol. The number of rotatable bonds is 0. The van der Waals surface area contributed by atoms with Crippen molar-refractivity contribution in [3.8, 4) is 0 Å². The van der Waals surface area contributed by atoms with E-state index in [0.717, 1.165) is 3.92 Å². The smallest absolute Gasteiger partial charge is 0.0378 e. The molecule has 3 heteroatoms. The van der Waals surface area contributed by atoms with E-state index >= 15 is 0 Å². The second-order valence-electron chi connectivity index (χ2n) is 2.70. The summed E-state index contributed by atoms with van der Waals surface area (Å²) >= 11 is 5.10. The maximum Gasteiger partial charge on any atom is 0.0378 e. The van der Waals surface area contributed by atoms with Crippen LogP contribution in [0.5, 0.6) is 0 Å². The second-order valence-corrected chi connectivity index (χ2v) is 6.67. The van der Waals surface area contributed by atoms with Crippen LogP contribution in [0.1, 0.15) is 13.3 Å². The van der Waals surface area contributed by atoms with Crippen LogP contribution in [0.2, 0.25) is 0 Å². The van der Waals surface area contributed by atoms with Crippen LogP contribution in [0.4, 0.5) is 0 Å². The van der Waals surface area contributed by atoms with Gasteiger partial charge in [-0.1, -0.05) is 45.2 Å². The molecule has 1 fully saturated rings. The molecule has 1 nitrogen and oxygen atoms in total. The average molecular weight is 351 g/mol. The highest BCUT2D eigenvalue weighted by atomic mass is 127. The topological polar surface area (TPSA) is 12.0 Å². The molecule has 0 aromatic heterocycles. The summed E-state index contributed by atoms with van der Waals surface area (Å²) in [4.78, 5) is 0. The quantitative estimate of drug-likeness (QED) is 0.520. The molecule has 0 spiro atoms. The van der Waals surface area contributed by atoms with Crippen molar-refractivity contribution in [3.05, 3.63) is 0 Å². The van der Waals surface area contributed by atoms with Crippen molar-refractivity contribution in [1.29, 1.82) is 0 Å². The molecule has 0 unspecified atom stereocenters. The molecule has 1 N–H and O–H groups in total. The fourth-order valence-corrected chi connectivity index (χ4v) is 2.04. The van der Waals surface area contributed by atoms with Crippen LogP contribution < -0.4 is 5.32 Å². The van der Waals surface area contributed by atoms with E-state index in [4.69, 9.17) is 0 Å². The van der Waals surface area contributed by atoms with Crippen LogP contribution in [0.3, 0.4) is 0 Å². The average Bonchev–Trinajstić information content (AvgIpc) is 1.77. The Morgan fingerprint density at radius 2 is 2.33 bits per heavy atom. The molecule has 9 heavy (non-hydrogen) atoms. The lowest BCUT2D eigenvalue weighted by molar-refractivity contribution is 0.479.